The molecule has 0 bridgehead atoms. The van der Waals surface area contributed by atoms with Crippen molar-refractivity contribution in [3.63, 3.8) is 0 Å². The van der Waals surface area contributed by atoms with E-state index < -0.39 is 11.7 Å². The minimum absolute atomic E-state index is 0. The summed E-state index contributed by atoms with van der Waals surface area (Å²) >= 11 is 0. The number of benzene rings is 1. The molecule has 0 spiro atoms. The van der Waals surface area contributed by atoms with Crippen LogP contribution >= 0.6 is 0 Å². The van der Waals surface area contributed by atoms with Crippen LogP contribution < -0.4 is 15.8 Å². The van der Waals surface area contributed by atoms with Gasteiger partial charge < -0.3 is 15.7 Å². The van der Waals surface area contributed by atoms with E-state index in [2.05, 4.69) is 5.32 Å². The fourth-order valence-electron chi connectivity index (χ4n) is 3.07. The Labute approximate surface area is 146 Å². The molecule has 0 unspecified atom stereocenters. The van der Waals surface area contributed by atoms with E-state index in [9.17, 15) is 18.0 Å². The monoisotopic (exact) mass is 364 g/mol. The van der Waals surface area contributed by atoms with Crippen LogP contribution in [0.15, 0.2) is 71.5 Å². The van der Waals surface area contributed by atoms with Gasteiger partial charge in [0.1, 0.15) is 0 Å². The number of allylic oxidation sites excluding steroid dienone is 2. The van der Waals surface area contributed by atoms with Gasteiger partial charge in [-0.25, -0.2) is 5.43 Å². The Bertz CT molecular complexity index is 882. The molecule has 3 aliphatic heterocycles. The largest absolute Gasteiger partial charge is 0.870 e. The smallest absolute Gasteiger partial charge is 0.416 e. The lowest BCUT2D eigenvalue weighted by molar-refractivity contribution is -0.600. The number of nitrogens with zero attached hydrogens (tertiary/aromatic N) is 2. The molecule has 0 aromatic heterocycles. The van der Waals surface area contributed by atoms with Crippen molar-refractivity contribution >= 4 is 11.6 Å². The first-order valence-corrected chi connectivity index (χ1v) is 7.55. The normalized spacial score (nSPS) is 18.7. The number of alkyl halides is 3. The van der Waals surface area contributed by atoms with Crippen molar-refractivity contribution in [2.24, 2.45) is 0 Å². The predicted octanol–water partition coefficient (Wildman–Crippen LogP) is 1.40. The number of carbonyl (C=O) groups excluding carboxylic acids is 1. The zero-order valence-electron chi connectivity index (χ0n) is 13.6. The third kappa shape index (κ3) is 2.67. The average molecular weight is 364 g/mol. The Balaban J connectivity index is 0.00000196. The molecule has 6 nitrogen and oxygen atoms in total. The van der Waals surface area contributed by atoms with Crippen LogP contribution in [0.4, 0.5) is 18.9 Å². The molecular weight excluding hydrogens is 349 g/mol. The average Bonchev–Trinajstić information content (AvgIpc) is 2.93. The van der Waals surface area contributed by atoms with E-state index in [1.807, 2.05) is 18.4 Å². The molecule has 1 aromatic rings. The molecule has 0 radical (unpaired) electrons. The van der Waals surface area contributed by atoms with Gasteiger partial charge in [0, 0.05) is 19.4 Å². The van der Waals surface area contributed by atoms with Crippen LogP contribution in [0.3, 0.4) is 0 Å². The molecule has 136 valence electrons. The first kappa shape index (κ1) is 17.8. The molecule has 0 saturated heterocycles. The second-order valence-electron chi connectivity index (χ2n) is 5.85. The summed E-state index contributed by atoms with van der Waals surface area (Å²) < 4.78 is 38.2. The van der Waals surface area contributed by atoms with Gasteiger partial charge in [-0.3, -0.25) is 4.79 Å². The van der Waals surface area contributed by atoms with Gasteiger partial charge in [-0.15, -0.1) is 5.01 Å². The number of amides is 1. The number of fused-ring (bicyclic) bond motifs is 2. The SMILES string of the molecule is CN1C=C2NC=CC=C2C2=C1C(=O)N(c1ccc(C(F)(F)F)cc1)[NH2+]2.[OH-]. The molecule has 9 heteroatoms. The Morgan fingerprint density at radius 3 is 2.50 bits per heavy atom. The van der Waals surface area contributed by atoms with E-state index in [1.54, 1.807) is 23.6 Å². The summed E-state index contributed by atoms with van der Waals surface area (Å²) in [4.78, 5) is 14.5. The summed E-state index contributed by atoms with van der Waals surface area (Å²) in [7, 11) is 1.76. The Hall–Kier alpha value is -3.04. The number of halogens is 3. The van der Waals surface area contributed by atoms with Gasteiger partial charge in [0.25, 0.3) is 0 Å². The second-order valence-corrected chi connectivity index (χ2v) is 5.85. The molecule has 0 aliphatic carbocycles. The van der Waals surface area contributed by atoms with Crippen molar-refractivity contribution in [2.45, 2.75) is 6.18 Å². The highest BCUT2D eigenvalue weighted by molar-refractivity contribution is 6.06. The Kier molecular flexibility index (Phi) is 4.13. The summed E-state index contributed by atoms with van der Waals surface area (Å²) in [6.07, 6.45) is 2.93. The molecule has 3 aliphatic rings. The Morgan fingerprint density at radius 1 is 1.15 bits per heavy atom. The topological polar surface area (TPSA) is 82.2 Å². The molecule has 3 heterocycles. The lowest BCUT2D eigenvalue weighted by Gasteiger charge is -2.23. The quantitative estimate of drug-likeness (QED) is 0.583. The zero-order chi connectivity index (χ0) is 17.8. The Morgan fingerprint density at radius 2 is 1.85 bits per heavy atom. The molecule has 26 heavy (non-hydrogen) atoms. The summed E-state index contributed by atoms with van der Waals surface area (Å²) in [6, 6.07) is 4.56. The third-order valence-electron chi connectivity index (χ3n) is 4.26. The molecular formula is C17H15F3N4O2. The highest BCUT2D eigenvalue weighted by atomic mass is 19.4. The van der Waals surface area contributed by atoms with E-state index in [0.29, 0.717) is 11.4 Å². The van der Waals surface area contributed by atoms with Crippen LogP contribution in [0, 0.1) is 0 Å². The summed E-state index contributed by atoms with van der Waals surface area (Å²) in [5.74, 6) is -0.275. The number of rotatable bonds is 1. The molecule has 1 aromatic carbocycles. The predicted molar refractivity (Wildman–Crippen MR) is 86.0 cm³/mol. The van der Waals surface area contributed by atoms with Gasteiger partial charge in [-0.2, -0.15) is 13.2 Å². The number of dihydropyridines is 1. The van der Waals surface area contributed by atoms with Crippen molar-refractivity contribution in [3.8, 4) is 0 Å². The maximum Gasteiger partial charge on any atom is 0.416 e. The van der Waals surface area contributed by atoms with Crippen LogP contribution in [0.25, 0.3) is 0 Å². The van der Waals surface area contributed by atoms with Gasteiger partial charge >= 0.3 is 12.1 Å². The maximum atomic E-state index is 12.8. The van der Waals surface area contributed by atoms with Crippen LogP contribution in [0.2, 0.25) is 0 Å². The van der Waals surface area contributed by atoms with Crippen molar-refractivity contribution in [1.82, 2.24) is 10.2 Å². The summed E-state index contributed by atoms with van der Waals surface area (Å²) in [5.41, 5.74) is 4.28. The first-order valence-electron chi connectivity index (χ1n) is 7.55. The van der Waals surface area contributed by atoms with E-state index in [-0.39, 0.29) is 11.4 Å². The van der Waals surface area contributed by atoms with Gasteiger partial charge in [0.2, 0.25) is 0 Å². The fourth-order valence-corrected chi connectivity index (χ4v) is 3.07. The fraction of sp³-hybridized carbons (Fsp3) is 0.118. The van der Waals surface area contributed by atoms with Crippen LogP contribution in [0.5, 0.6) is 0 Å². The van der Waals surface area contributed by atoms with E-state index >= 15 is 0 Å². The van der Waals surface area contributed by atoms with Crippen molar-refractivity contribution in [2.75, 3.05) is 12.1 Å². The molecule has 1 amide bonds. The van der Waals surface area contributed by atoms with Gasteiger partial charge in [-0.05, 0) is 36.4 Å². The lowest BCUT2D eigenvalue weighted by Crippen LogP contribution is -2.91. The first-order chi connectivity index (χ1) is 11.9. The third-order valence-corrected chi connectivity index (χ3v) is 4.26. The molecule has 4 N–H and O–H groups in total. The molecule has 4 rings (SSSR count). The van der Waals surface area contributed by atoms with Crippen LogP contribution in [0.1, 0.15) is 5.56 Å². The number of hydrogen-bond donors (Lipinski definition) is 2. The molecule has 0 saturated carbocycles. The lowest BCUT2D eigenvalue weighted by atomic mass is 10.0. The van der Waals surface area contributed by atoms with E-state index in [0.717, 1.165) is 29.1 Å². The van der Waals surface area contributed by atoms with Crippen LogP contribution in [-0.2, 0) is 11.0 Å². The maximum absolute atomic E-state index is 12.8. The number of nitrogens with one attached hydrogen (secondary N) is 1. The number of carbonyl (C=O) groups is 1. The highest BCUT2D eigenvalue weighted by Gasteiger charge is 2.43. The molecule has 0 atom stereocenters. The summed E-state index contributed by atoms with van der Waals surface area (Å²) in [6.45, 7) is 0. The number of anilines is 1. The minimum atomic E-state index is -4.40. The minimum Gasteiger partial charge on any atom is -0.870 e. The zero-order valence-corrected chi connectivity index (χ0v) is 13.6. The second kappa shape index (κ2) is 6.04. The van der Waals surface area contributed by atoms with E-state index in [4.69, 9.17) is 0 Å². The number of quaternary nitrogens is 1. The van der Waals surface area contributed by atoms with Gasteiger partial charge in [0.15, 0.2) is 11.4 Å². The number of hydrogen-bond acceptors (Lipinski definition) is 4. The van der Waals surface area contributed by atoms with Gasteiger partial charge in [-0.1, -0.05) is 0 Å². The molecule has 0 fully saturated rings. The highest BCUT2D eigenvalue weighted by Crippen LogP contribution is 2.33. The summed E-state index contributed by atoms with van der Waals surface area (Å²) in [5, 5.41) is 4.49. The number of likely N-dealkylation sites (N-methyl/N-ethyl adjacent to an activating group) is 1. The standard InChI is InChI=1S/C17H13F3N4O.H2O/c1-23-9-13-12(3-2-8-21-13)14-15(23)16(25)24(22-14)11-6-4-10(5-7-11)17(18,19)20;/h2-9,21-22H,1H3;1H2. The van der Waals surface area contributed by atoms with Crippen molar-refractivity contribution in [3.05, 3.63) is 77.0 Å². The number of nitrogens with two attached hydrogens (primary N) is 1. The van der Waals surface area contributed by atoms with Crippen molar-refractivity contribution < 1.29 is 28.9 Å². The van der Waals surface area contributed by atoms with Crippen LogP contribution in [-0.4, -0.2) is 23.3 Å². The van der Waals surface area contributed by atoms with E-state index in [1.165, 1.54) is 17.1 Å². The van der Waals surface area contributed by atoms with Gasteiger partial charge in [0.05, 0.1) is 22.5 Å². The van der Waals surface area contributed by atoms with Crippen molar-refractivity contribution in [1.29, 1.82) is 0 Å².